The third-order valence-electron chi connectivity index (χ3n) is 1.95. The summed E-state index contributed by atoms with van der Waals surface area (Å²) in [7, 11) is 0. The van der Waals surface area contributed by atoms with Gasteiger partial charge in [0.05, 0.1) is 0 Å². The normalized spacial score (nSPS) is 22.8. The molecule has 0 amide bonds. The molecule has 0 saturated carbocycles. The summed E-state index contributed by atoms with van der Waals surface area (Å²) in [4.78, 5) is 20.4. The van der Waals surface area contributed by atoms with E-state index in [1.807, 2.05) is 0 Å². The number of allylic oxidation sites excluding steroid dienone is 2. The molecular formula is C9H11NO3. The molecule has 1 N–H and O–H groups in total. The van der Waals surface area contributed by atoms with Crippen LogP contribution in [-0.2, 0) is 4.79 Å². The smallest absolute Gasteiger partial charge is 0.328 e. The number of hydrogen-bond donors (Lipinski definition) is 1. The van der Waals surface area contributed by atoms with Gasteiger partial charge in [0.2, 0.25) is 0 Å². The van der Waals surface area contributed by atoms with E-state index < -0.39 is 5.97 Å². The van der Waals surface area contributed by atoms with E-state index in [0.29, 0.717) is 0 Å². The van der Waals surface area contributed by atoms with Crippen molar-refractivity contribution in [2.45, 2.75) is 25.3 Å². The average molecular weight is 181 g/mol. The number of aliphatic carboxylic acids is 1. The second-order valence-corrected chi connectivity index (χ2v) is 2.98. The number of carboxylic acid groups (broad SMARTS) is 1. The summed E-state index contributed by atoms with van der Waals surface area (Å²) >= 11 is 0. The van der Waals surface area contributed by atoms with Crippen molar-refractivity contribution in [2.75, 3.05) is 0 Å². The lowest BCUT2D eigenvalue weighted by Crippen LogP contribution is -2.05. The van der Waals surface area contributed by atoms with Crippen molar-refractivity contribution in [3.05, 3.63) is 28.7 Å². The highest BCUT2D eigenvalue weighted by Crippen LogP contribution is 2.20. The van der Waals surface area contributed by atoms with Gasteiger partial charge in [0.25, 0.3) is 0 Å². The highest BCUT2D eigenvalue weighted by molar-refractivity contribution is 5.80. The van der Waals surface area contributed by atoms with E-state index in [1.165, 1.54) is 6.08 Å². The molecule has 0 bridgehead atoms. The van der Waals surface area contributed by atoms with Gasteiger partial charge in [0.15, 0.2) is 0 Å². The molecule has 0 radical (unpaired) electrons. The molecule has 1 unspecified atom stereocenters. The minimum Gasteiger partial charge on any atom is -0.478 e. The quantitative estimate of drug-likeness (QED) is 0.533. The van der Waals surface area contributed by atoms with Crippen LogP contribution in [0.3, 0.4) is 0 Å². The molecule has 0 aromatic rings. The van der Waals surface area contributed by atoms with E-state index in [2.05, 4.69) is 5.18 Å². The lowest BCUT2D eigenvalue weighted by atomic mass is 9.96. The van der Waals surface area contributed by atoms with E-state index in [0.717, 1.165) is 30.9 Å². The molecule has 1 aliphatic rings. The Morgan fingerprint density at radius 3 is 3.08 bits per heavy atom. The first kappa shape index (κ1) is 9.64. The van der Waals surface area contributed by atoms with Crippen molar-refractivity contribution in [3.63, 3.8) is 0 Å². The van der Waals surface area contributed by atoms with Crippen LogP contribution in [0.15, 0.2) is 29.0 Å². The summed E-state index contributed by atoms with van der Waals surface area (Å²) in [5.74, 6) is -0.970. The number of carbonyl (C=O) groups is 1. The molecule has 1 rings (SSSR count). The Morgan fingerprint density at radius 1 is 1.69 bits per heavy atom. The van der Waals surface area contributed by atoms with E-state index >= 15 is 0 Å². The second-order valence-electron chi connectivity index (χ2n) is 2.98. The van der Waals surface area contributed by atoms with Gasteiger partial charge >= 0.3 is 5.97 Å². The maximum atomic E-state index is 10.2. The lowest BCUT2D eigenvalue weighted by Gasteiger charge is -2.12. The van der Waals surface area contributed by atoms with Gasteiger partial charge < -0.3 is 5.11 Å². The van der Waals surface area contributed by atoms with E-state index in [1.54, 1.807) is 6.08 Å². The van der Waals surface area contributed by atoms with Crippen LogP contribution in [0.5, 0.6) is 0 Å². The van der Waals surface area contributed by atoms with Crippen molar-refractivity contribution < 1.29 is 9.90 Å². The molecule has 13 heavy (non-hydrogen) atoms. The molecular weight excluding hydrogens is 170 g/mol. The first-order valence-corrected chi connectivity index (χ1v) is 4.16. The van der Waals surface area contributed by atoms with E-state index in [9.17, 15) is 9.70 Å². The predicted octanol–water partition coefficient (Wildman–Crippen LogP) is 1.87. The average Bonchev–Trinajstić information content (AvgIpc) is 2.15. The van der Waals surface area contributed by atoms with Crippen molar-refractivity contribution in [3.8, 4) is 0 Å². The number of nitrogens with zero attached hydrogens (tertiary/aromatic N) is 1. The van der Waals surface area contributed by atoms with Crippen molar-refractivity contribution in [1.82, 2.24) is 0 Å². The molecule has 4 nitrogen and oxygen atoms in total. The van der Waals surface area contributed by atoms with Crippen molar-refractivity contribution >= 4 is 5.97 Å². The molecule has 0 heterocycles. The van der Waals surface area contributed by atoms with Crippen molar-refractivity contribution in [2.24, 2.45) is 5.18 Å². The third-order valence-corrected chi connectivity index (χ3v) is 1.95. The summed E-state index contributed by atoms with van der Waals surface area (Å²) in [6.07, 6.45) is 6.84. The molecule has 1 atom stereocenters. The zero-order valence-electron chi connectivity index (χ0n) is 7.14. The maximum absolute atomic E-state index is 10.2. The zero-order valence-corrected chi connectivity index (χ0v) is 7.14. The molecule has 0 spiro atoms. The topological polar surface area (TPSA) is 66.7 Å². The van der Waals surface area contributed by atoms with Crippen LogP contribution in [-0.4, -0.2) is 17.1 Å². The van der Waals surface area contributed by atoms with Gasteiger partial charge in [-0.2, -0.15) is 4.91 Å². The first-order valence-electron chi connectivity index (χ1n) is 4.16. The molecule has 0 fully saturated rings. The second kappa shape index (κ2) is 4.54. The van der Waals surface area contributed by atoms with Gasteiger partial charge in [-0.05, 0) is 24.8 Å². The summed E-state index contributed by atoms with van der Waals surface area (Å²) in [5.41, 5.74) is 0.887. The summed E-state index contributed by atoms with van der Waals surface area (Å²) in [6.45, 7) is 0. The maximum Gasteiger partial charge on any atom is 0.328 e. The van der Waals surface area contributed by atoms with E-state index in [4.69, 9.17) is 5.11 Å². The van der Waals surface area contributed by atoms with Crippen LogP contribution < -0.4 is 0 Å². The molecule has 4 heteroatoms. The molecule has 0 aromatic carbocycles. The third kappa shape index (κ3) is 3.19. The van der Waals surface area contributed by atoms with Crippen LogP contribution in [0.2, 0.25) is 0 Å². The van der Waals surface area contributed by atoms with Crippen LogP contribution in [0.4, 0.5) is 0 Å². The Kier molecular flexibility index (Phi) is 3.37. The number of hydrogen-bond acceptors (Lipinski definition) is 3. The summed E-state index contributed by atoms with van der Waals surface area (Å²) in [6, 6.07) is -0.276. The van der Waals surface area contributed by atoms with Gasteiger partial charge in [-0.15, -0.1) is 0 Å². The lowest BCUT2D eigenvalue weighted by molar-refractivity contribution is -0.131. The fourth-order valence-electron chi connectivity index (χ4n) is 1.33. The van der Waals surface area contributed by atoms with Crippen LogP contribution in [0, 0.1) is 4.91 Å². The monoisotopic (exact) mass is 181 g/mol. The number of rotatable bonds is 3. The van der Waals surface area contributed by atoms with Gasteiger partial charge in [-0.1, -0.05) is 17.3 Å². The molecule has 0 saturated heterocycles. The number of nitroso groups, excluding NO2 is 1. The largest absolute Gasteiger partial charge is 0.478 e. The van der Waals surface area contributed by atoms with Crippen LogP contribution in [0.25, 0.3) is 0 Å². The minimum absolute atomic E-state index is 0.276. The standard InChI is InChI=1S/C9H11NO3/c11-9(12)5-4-7-2-1-3-8(6-7)10-13/h4-6,8H,1-3H2,(H,11,12). The van der Waals surface area contributed by atoms with Gasteiger partial charge in [-0.3, -0.25) is 0 Å². The first-order chi connectivity index (χ1) is 6.22. The Labute approximate surface area is 75.9 Å². The minimum atomic E-state index is -0.970. The van der Waals surface area contributed by atoms with E-state index in [-0.39, 0.29) is 6.04 Å². The molecule has 0 aliphatic heterocycles. The Bertz CT molecular complexity index is 268. The fraction of sp³-hybridized carbons (Fsp3) is 0.444. The highest BCUT2D eigenvalue weighted by atomic mass is 16.4. The fourth-order valence-corrected chi connectivity index (χ4v) is 1.33. The molecule has 1 aliphatic carbocycles. The predicted molar refractivity (Wildman–Crippen MR) is 48.3 cm³/mol. The molecule has 70 valence electrons. The summed E-state index contributed by atoms with van der Waals surface area (Å²) in [5, 5.41) is 11.3. The SMILES string of the molecule is O=NC1C=C(C=CC(=O)O)CCC1. The number of carboxylic acids is 1. The van der Waals surface area contributed by atoms with Gasteiger partial charge in [0, 0.05) is 6.08 Å². The molecule has 0 aromatic heterocycles. The Balaban J connectivity index is 2.63. The van der Waals surface area contributed by atoms with Crippen LogP contribution in [0.1, 0.15) is 19.3 Å². The highest BCUT2D eigenvalue weighted by Gasteiger charge is 2.11. The Hall–Kier alpha value is -1.45. The van der Waals surface area contributed by atoms with Crippen molar-refractivity contribution in [1.29, 1.82) is 0 Å². The zero-order chi connectivity index (χ0) is 9.68. The summed E-state index contributed by atoms with van der Waals surface area (Å²) < 4.78 is 0. The van der Waals surface area contributed by atoms with Gasteiger partial charge in [-0.25, -0.2) is 4.79 Å². The Morgan fingerprint density at radius 2 is 2.46 bits per heavy atom. The van der Waals surface area contributed by atoms with Crippen LogP contribution >= 0.6 is 0 Å². The van der Waals surface area contributed by atoms with Gasteiger partial charge in [0.1, 0.15) is 6.04 Å².